The predicted molar refractivity (Wildman–Crippen MR) is 70.1 cm³/mol. The summed E-state index contributed by atoms with van der Waals surface area (Å²) in [6.07, 6.45) is 1.66. The van der Waals surface area contributed by atoms with Crippen molar-refractivity contribution in [1.29, 1.82) is 0 Å². The fourth-order valence-electron chi connectivity index (χ4n) is 1.89. The van der Waals surface area contributed by atoms with Crippen LogP contribution >= 0.6 is 0 Å². The molecule has 0 aliphatic heterocycles. The molecule has 0 aliphatic rings. The van der Waals surface area contributed by atoms with E-state index < -0.39 is 7.12 Å². The normalized spacial score (nSPS) is 10.9. The molecular weight excluding hydrogens is 229 g/mol. The maximum absolute atomic E-state index is 9.12. The fourth-order valence-corrected chi connectivity index (χ4v) is 1.89. The average Bonchev–Trinajstić information content (AvgIpc) is 2.82. The first-order chi connectivity index (χ1) is 8.65. The highest BCUT2D eigenvalue weighted by atomic mass is 16.4. The predicted octanol–water partition coefficient (Wildman–Crippen LogP) is 0.591. The van der Waals surface area contributed by atoms with Gasteiger partial charge >= 0.3 is 7.12 Å². The molecule has 0 saturated heterocycles. The van der Waals surface area contributed by atoms with Crippen LogP contribution < -0.4 is 5.46 Å². The van der Waals surface area contributed by atoms with Gasteiger partial charge in [0.2, 0.25) is 0 Å². The van der Waals surface area contributed by atoms with Gasteiger partial charge in [0.15, 0.2) is 0 Å². The summed E-state index contributed by atoms with van der Waals surface area (Å²) in [6.45, 7) is 1.44. The second-order valence-corrected chi connectivity index (χ2v) is 4.37. The lowest BCUT2D eigenvalue weighted by Gasteiger charge is -2.15. The van der Waals surface area contributed by atoms with Crippen LogP contribution in [0.15, 0.2) is 47.1 Å². The van der Waals surface area contributed by atoms with E-state index in [1.165, 1.54) is 0 Å². The van der Waals surface area contributed by atoms with Crippen LogP contribution in [0, 0.1) is 0 Å². The minimum atomic E-state index is -1.42. The Bertz CT molecular complexity index is 485. The van der Waals surface area contributed by atoms with Crippen LogP contribution in [-0.2, 0) is 13.1 Å². The fraction of sp³-hybridized carbons (Fsp3) is 0.231. The maximum atomic E-state index is 9.12. The Balaban J connectivity index is 1.98. The number of benzene rings is 1. The third kappa shape index (κ3) is 3.47. The van der Waals surface area contributed by atoms with Gasteiger partial charge in [-0.2, -0.15) is 0 Å². The molecule has 0 bridgehead atoms. The lowest BCUT2D eigenvalue weighted by atomic mass is 9.79. The van der Waals surface area contributed by atoms with Crippen molar-refractivity contribution >= 4 is 12.6 Å². The van der Waals surface area contributed by atoms with E-state index in [0.717, 1.165) is 24.4 Å². The van der Waals surface area contributed by atoms with E-state index in [1.54, 1.807) is 18.4 Å². The summed E-state index contributed by atoms with van der Waals surface area (Å²) in [5.74, 6) is 0.913. The van der Waals surface area contributed by atoms with E-state index in [0.29, 0.717) is 5.46 Å². The molecule has 0 saturated carbocycles. The van der Waals surface area contributed by atoms with E-state index in [2.05, 4.69) is 4.90 Å². The summed E-state index contributed by atoms with van der Waals surface area (Å²) in [5.41, 5.74) is 1.55. The molecule has 4 nitrogen and oxygen atoms in total. The zero-order chi connectivity index (χ0) is 13.0. The van der Waals surface area contributed by atoms with Gasteiger partial charge in [-0.25, -0.2) is 0 Å². The van der Waals surface area contributed by atoms with Crippen LogP contribution in [0.3, 0.4) is 0 Å². The molecule has 0 spiro atoms. The third-order valence-electron chi connectivity index (χ3n) is 2.71. The Morgan fingerprint density at radius 3 is 2.67 bits per heavy atom. The second kappa shape index (κ2) is 5.86. The molecule has 1 aromatic heterocycles. The van der Waals surface area contributed by atoms with Crippen molar-refractivity contribution in [2.24, 2.45) is 0 Å². The minimum absolute atomic E-state index is 0.513. The van der Waals surface area contributed by atoms with Crippen molar-refractivity contribution in [3.8, 4) is 0 Å². The number of rotatable bonds is 5. The molecule has 18 heavy (non-hydrogen) atoms. The van der Waals surface area contributed by atoms with Crippen molar-refractivity contribution in [2.45, 2.75) is 13.1 Å². The van der Waals surface area contributed by atoms with Crippen molar-refractivity contribution in [2.75, 3.05) is 7.05 Å². The molecule has 0 unspecified atom stereocenters. The third-order valence-corrected chi connectivity index (χ3v) is 2.71. The number of furan rings is 1. The van der Waals surface area contributed by atoms with Gasteiger partial charge in [0.05, 0.1) is 12.8 Å². The summed E-state index contributed by atoms with van der Waals surface area (Å²) in [7, 11) is 0.574. The summed E-state index contributed by atoms with van der Waals surface area (Å²) in [4.78, 5) is 2.10. The van der Waals surface area contributed by atoms with Crippen molar-refractivity contribution in [3.05, 3.63) is 54.0 Å². The zero-order valence-corrected chi connectivity index (χ0v) is 10.3. The Hall–Kier alpha value is -1.56. The lowest BCUT2D eigenvalue weighted by Crippen LogP contribution is -2.30. The van der Waals surface area contributed by atoms with Crippen LogP contribution in [0.2, 0.25) is 0 Å². The van der Waals surface area contributed by atoms with E-state index >= 15 is 0 Å². The SMILES string of the molecule is CN(Cc1cccc(B(O)O)c1)Cc1ccco1. The minimum Gasteiger partial charge on any atom is -0.468 e. The Labute approximate surface area is 107 Å². The van der Waals surface area contributed by atoms with Crippen LogP contribution in [0.4, 0.5) is 0 Å². The molecule has 94 valence electrons. The van der Waals surface area contributed by atoms with Crippen molar-refractivity contribution < 1.29 is 14.5 Å². The number of nitrogens with zero attached hydrogens (tertiary/aromatic N) is 1. The molecule has 5 heteroatoms. The van der Waals surface area contributed by atoms with Gasteiger partial charge < -0.3 is 14.5 Å². The molecule has 2 aromatic rings. The Kier molecular flexibility index (Phi) is 4.20. The molecule has 0 amide bonds. The van der Waals surface area contributed by atoms with Gasteiger partial charge in [-0.1, -0.05) is 24.3 Å². The highest BCUT2D eigenvalue weighted by molar-refractivity contribution is 6.58. The van der Waals surface area contributed by atoms with Gasteiger partial charge in [-0.05, 0) is 30.2 Å². The largest absolute Gasteiger partial charge is 0.488 e. The van der Waals surface area contributed by atoms with Gasteiger partial charge in [-0.15, -0.1) is 0 Å². The Morgan fingerprint density at radius 1 is 1.17 bits per heavy atom. The number of hydrogen-bond acceptors (Lipinski definition) is 4. The van der Waals surface area contributed by atoms with Crippen molar-refractivity contribution in [1.82, 2.24) is 4.90 Å². The second-order valence-electron chi connectivity index (χ2n) is 4.37. The van der Waals surface area contributed by atoms with E-state index in [1.807, 2.05) is 31.3 Å². The summed E-state index contributed by atoms with van der Waals surface area (Å²) >= 11 is 0. The van der Waals surface area contributed by atoms with Crippen LogP contribution in [0.5, 0.6) is 0 Å². The molecule has 0 fully saturated rings. The molecule has 0 radical (unpaired) electrons. The van der Waals surface area contributed by atoms with Crippen LogP contribution in [-0.4, -0.2) is 29.1 Å². The first-order valence-electron chi connectivity index (χ1n) is 5.81. The van der Waals surface area contributed by atoms with Gasteiger partial charge in [0.1, 0.15) is 5.76 Å². The summed E-state index contributed by atoms with van der Waals surface area (Å²) in [5, 5.41) is 18.2. The van der Waals surface area contributed by atoms with Crippen molar-refractivity contribution in [3.63, 3.8) is 0 Å². The quantitative estimate of drug-likeness (QED) is 0.757. The maximum Gasteiger partial charge on any atom is 0.488 e. The van der Waals surface area contributed by atoms with Crippen LogP contribution in [0.25, 0.3) is 0 Å². The molecule has 2 N–H and O–H groups in total. The lowest BCUT2D eigenvalue weighted by molar-refractivity contribution is 0.288. The van der Waals surface area contributed by atoms with E-state index in [4.69, 9.17) is 14.5 Å². The van der Waals surface area contributed by atoms with Gasteiger partial charge in [-0.3, -0.25) is 4.90 Å². The molecule has 1 aromatic carbocycles. The molecule has 1 heterocycles. The highest BCUT2D eigenvalue weighted by Gasteiger charge is 2.11. The summed E-state index contributed by atoms with van der Waals surface area (Å²) in [6, 6.07) is 11.1. The van der Waals surface area contributed by atoms with Gasteiger partial charge in [0, 0.05) is 6.54 Å². The topological polar surface area (TPSA) is 56.8 Å². The summed E-state index contributed by atoms with van der Waals surface area (Å²) < 4.78 is 5.28. The Morgan fingerprint density at radius 2 is 2.00 bits per heavy atom. The molecular formula is C13H16BNO3. The van der Waals surface area contributed by atoms with E-state index in [-0.39, 0.29) is 0 Å². The smallest absolute Gasteiger partial charge is 0.468 e. The molecule has 0 aliphatic carbocycles. The molecule has 0 atom stereocenters. The van der Waals surface area contributed by atoms with Crippen LogP contribution in [0.1, 0.15) is 11.3 Å². The molecule has 2 rings (SSSR count). The average molecular weight is 245 g/mol. The first kappa shape index (κ1) is 12.9. The number of hydrogen-bond donors (Lipinski definition) is 2. The standard InChI is InChI=1S/C13H16BNO3/c1-15(10-13-6-3-7-18-13)9-11-4-2-5-12(8-11)14(16)17/h2-8,16-17H,9-10H2,1H3. The van der Waals surface area contributed by atoms with E-state index in [9.17, 15) is 0 Å². The first-order valence-corrected chi connectivity index (χ1v) is 5.81. The van der Waals surface area contributed by atoms with Gasteiger partial charge in [0.25, 0.3) is 0 Å². The zero-order valence-electron chi connectivity index (χ0n) is 10.3. The highest BCUT2D eigenvalue weighted by Crippen LogP contribution is 2.07. The monoisotopic (exact) mass is 245 g/mol.